The van der Waals surface area contributed by atoms with Crippen LogP contribution in [0.1, 0.15) is 20.7 Å². The summed E-state index contributed by atoms with van der Waals surface area (Å²) >= 11 is 5.87. The summed E-state index contributed by atoms with van der Waals surface area (Å²) < 4.78 is 4.88. The molecule has 7 heteroatoms. The second kappa shape index (κ2) is 6.82. The molecular weight excluding hydrogens is 310 g/mol. The lowest BCUT2D eigenvalue weighted by atomic mass is 10.1. The molecule has 0 spiro atoms. The average molecular weight is 320 g/mol. The van der Waals surface area contributed by atoms with Gasteiger partial charge in [0.2, 0.25) is 5.78 Å². The highest BCUT2D eigenvalue weighted by Gasteiger charge is 2.15. The molecule has 2 aromatic carbocycles. The second-order valence-corrected chi connectivity index (χ2v) is 4.69. The van der Waals surface area contributed by atoms with Crippen LogP contribution >= 0.6 is 11.6 Å². The summed E-state index contributed by atoms with van der Waals surface area (Å²) in [6, 6.07) is 11.3. The highest BCUT2D eigenvalue weighted by atomic mass is 35.5. The molecule has 22 heavy (non-hydrogen) atoms. The Morgan fingerprint density at radius 2 is 1.73 bits per heavy atom. The van der Waals surface area contributed by atoms with Crippen molar-refractivity contribution in [1.82, 2.24) is 0 Å². The summed E-state index contributed by atoms with van der Waals surface area (Å²) in [4.78, 5) is 33.6. The van der Waals surface area contributed by atoms with Gasteiger partial charge in [-0.25, -0.2) is 4.79 Å². The smallest absolute Gasteiger partial charge is 0.338 e. The van der Waals surface area contributed by atoms with Gasteiger partial charge in [-0.05, 0) is 24.3 Å². The van der Waals surface area contributed by atoms with E-state index >= 15 is 0 Å². The number of hydrogen-bond donors (Lipinski definition) is 0. The Bertz CT molecular complexity index is 727. The van der Waals surface area contributed by atoms with Gasteiger partial charge in [-0.15, -0.1) is 0 Å². The highest BCUT2D eigenvalue weighted by Crippen LogP contribution is 2.16. The monoisotopic (exact) mass is 319 g/mol. The van der Waals surface area contributed by atoms with E-state index < -0.39 is 23.3 Å². The van der Waals surface area contributed by atoms with Crippen molar-refractivity contribution in [2.24, 2.45) is 0 Å². The van der Waals surface area contributed by atoms with Crippen LogP contribution in [0.5, 0.6) is 0 Å². The van der Waals surface area contributed by atoms with Crippen LogP contribution in [0, 0.1) is 10.1 Å². The lowest BCUT2D eigenvalue weighted by Gasteiger charge is -2.05. The first-order valence-electron chi connectivity index (χ1n) is 6.18. The molecule has 112 valence electrons. The highest BCUT2D eigenvalue weighted by molar-refractivity contribution is 6.34. The molecule has 0 unspecified atom stereocenters. The third kappa shape index (κ3) is 3.67. The number of benzene rings is 2. The normalized spacial score (nSPS) is 10.0. The van der Waals surface area contributed by atoms with E-state index in [1.165, 1.54) is 30.3 Å². The van der Waals surface area contributed by atoms with Crippen LogP contribution in [0.15, 0.2) is 48.5 Å². The molecule has 0 atom stereocenters. The number of rotatable bonds is 5. The summed E-state index contributed by atoms with van der Waals surface area (Å²) in [6.45, 7) is -0.459. The lowest BCUT2D eigenvalue weighted by Crippen LogP contribution is -2.14. The molecule has 2 aromatic rings. The predicted molar refractivity (Wildman–Crippen MR) is 79.2 cm³/mol. The number of Topliss-reactive ketones (excluding diaryl/α,β-unsaturated/α-hetero) is 1. The van der Waals surface area contributed by atoms with Gasteiger partial charge in [0, 0.05) is 17.7 Å². The number of carbonyl (C=O) groups is 2. The number of non-ortho nitro benzene ring substituents is 1. The Kier molecular flexibility index (Phi) is 4.85. The van der Waals surface area contributed by atoms with Crippen LogP contribution in [-0.2, 0) is 4.74 Å². The zero-order valence-electron chi connectivity index (χ0n) is 11.2. The van der Waals surface area contributed by atoms with Crippen molar-refractivity contribution in [2.75, 3.05) is 6.61 Å². The summed E-state index contributed by atoms with van der Waals surface area (Å²) in [5.74, 6) is -1.17. The van der Waals surface area contributed by atoms with E-state index in [0.29, 0.717) is 0 Å². The largest absolute Gasteiger partial charge is 0.454 e. The van der Waals surface area contributed by atoms with Gasteiger partial charge in [0.05, 0.1) is 15.5 Å². The maximum absolute atomic E-state index is 11.9. The quantitative estimate of drug-likeness (QED) is 0.365. The van der Waals surface area contributed by atoms with Crippen LogP contribution < -0.4 is 0 Å². The molecule has 2 rings (SSSR count). The Labute approximate surface area is 130 Å². The number of esters is 1. The van der Waals surface area contributed by atoms with Gasteiger partial charge in [-0.2, -0.15) is 0 Å². The molecule has 0 radical (unpaired) electrons. The molecule has 0 N–H and O–H groups in total. The standard InChI is InChI=1S/C15H10ClNO5/c16-13-4-2-1-3-12(13)14(18)9-22-15(19)10-5-7-11(8-6-10)17(20)21/h1-8H,9H2. The summed E-state index contributed by atoms with van der Waals surface area (Å²) in [5.41, 5.74) is 0.252. The minimum atomic E-state index is -0.740. The van der Waals surface area contributed by atoms with Crippen LogP contribution in [0.25, 0.3) is 0 Å². The lowest BCUT2D eigenvalue weighted by molar-refractivity contribution is -0.384. The van der Waals surface area contributed by atoms with Crippen molar-refractivity contribution in [3.05, 3.63) is 74.8 Å². The molecule has 0 fully saturated rings. The Balaban J connectivity index is 1.99. The predicted octanol–water partition coefficient (Wildman–Crippen LogP) is 3.29. The van der Waals surface area contributed by atoms with Crippen molar-refractivity contribution in [3.8, 4) is 0 Å². The van der Waals surface area contributed by atoms with Crippen molar-refractivity contribution >= 4 is 29.0 Å². The third-order valence-electron chi connectivity index (χ3n) is 2.82. The zero-order chi connectivity index (χ0) is 16.1. The molecule has 6 nitrogen and oxygen atoms in total. The number of nitrogens with zero attached hydrogens (tertiary/aromatic N) is 1. The van der Waals surface area contributed by atoms with E-state index in [0.717, 1.165) is 0 Å². The number of ketones is 1. The third-order valence-corrected chi connectivity index (χ3v) is 3.15. The molecule has 0 aliphatic carbocycles. The maximum Gasteiger partial charge on any atom is 0.338 e. The topological polar surface area (TPSA) is 86.5 Å². The van der Waals surface area contributed by atoms with E-state index in [9.17, 15) is 19.7 Å². The van der Waals surface area contributed by atoms with E-state index in [2.05, 4.69) is 0 Å². The van der Waals surface area contributed by atoms with E-state index in [-0.39, 0.29) is 21.8 Å². The average Bonchev–Trinajstić information content (AvgIpc) is 2.52. The van der Waals surface area contributed by atoms with Crippen LogP contribution in [0.3, 0.4) is 0 Å². The van der Waals surface area contributed by atoms with Crippen molar-refractivity contribution < 1.29 is 19.2 Å². The maximum atomic E-state index is 11.9. The van der Waals surface area contributed by atoms with Crippen molar-refractivity contribution in [1.29, 1.82) is 0 Å². The number of nitro groups is 1. The Morgan fingerprint density at radius 3 is 2.32 bits per heavy atom. The van der Waals surface area contributed by atoms with Crippen LogP contribution in [0.2, 0.25) is 5.02 Å². The van der Waals surface area contributed by atoms with E-state index in [1.54, 1.807) is 18.2 Å². The van der Waals surface area contributed by atoms with E-state index in [4.69, 9.17) is 16.3 Å². The first-order chi connectivity index (χ1) is 10.5. The van der Waals surface area contributed by atoms with Crippen LogP contribution in [0.4, 0.5) is 5.69 Å². The minimum Gasteiger partial charge on any atom is -0.454 e. The number of halogens is 1. The van der Waals surface area contributed by atoms with Gasteiger partial charge < -0.3 is 4.74 Å². The molecule has 0 amide bonds. The van der Waals surface area contributed by atoms with Gasteiger partial charge in [-0.3, -0.25) is 14.9 Å². The van der Waals surface area contributed by atoms with Crippen molar-refractivity contribution in [2.45, 2.75) is 0 Å². The molecule has 0 bridgehead atoms. The SMILES string of the molecule is O=C(OCC(=O)c1ccccc1Cl)c1ccc([N+](=O)[O-])cc1. The first kappa shape index (κ1) is 15.7. The molecule has 0 heterocycles. The first-order valence-corrected chi connectivity index (χ1v) is 6.56. The van der Waals surface area contributed by atoms with Gasteiger partial charge in [0.15, 0.2) is 6.61 Å². The fourth-order valence-electron chi connectivity index (χ4n) is 1.70. The number of ether oxygens (including phenoxy) is 1. The molecule has 0 aliphatic rings. The summed E-state index contributed by atoms with van der Waals surface area (Å²) in [7, 11) is 0. The fourth-order valence-corrected chi connectivity index (χ4v) is 1.94. The van der Waals surface area contributed by atoms with Gasteiger partial charge in [0.25, 0.3) is 5.69 Å². The van der Waals surface area contributed by atoms with Crippen LogP contribution in [-0.4, -0.2) is 23.3 Å². The van der Waals surface area contributed by atoms with Gasteiger partial charge >= 0.3 is 5.97 Å². The molecule has 0 saturated heterocycles. The molecule has 0 saturated carbocycles. The number of nitro benzene ring substituents is 1. The van der Waals surface area contributed by atoms with Gasteiger partial charge in [0.1, 0.15) is 0 Å². The van der Waals surface area contributed by atoms with Gasteiger partial charge in [-0.1, -0.05) is 23.7 Å². The molecular formula is C15H10ClNO5. The zero-order valence-corrected chi connectivity index (χ0v) is 11.9. The fraction of sp³-hybridized carbons (Fsp3) is 0.0667. The molecule has 0 aromatic heterocycles. The number of hydrogen-bond acceptors (Lipinski definition) is 5. The second-order valence-electron chi connectivity index (χ2n) is 4.28. The summed E-state index contributed by atoms with van der Waals surface area (Å²) in [5, 5.41) is 10.8. The number of carbonyl (C=O) groups excluding carboxylic acids is 2. The minimum absolute atomic E-state index is 0.123. The van der Waals surface area contributed by atoms with Crippen molar-refractivity contribution in [3.63, 3.8) is 0 Å². The van der Waals surface area contributed by atoms with E-state index in [1.807, 2.05) is 0 Å². The molecule has 0 aliphatic heterocycles. The Hall–Kier alpha value is -2.73. The summed E-state index contributed by atoms with van der Waals surface area (Å²) in [6.07, 6.45) is 0. The Morgan fingerprint density at radius 1 is 1.09 bits per heavy atom.